The second kappa shape index (κ2) is 9.82. The van der Waals surface area contributed by atoms with Gasteiger partial charge in [-0.2, -0.15) is 13.5 Å². The zero-order chi connectivity index (χ0) is 22.4. The van der Waals surface area contributed by atoms with Crippen molar-refractivity contribution in [1.82, 2.24) is 4.83 Å². The molecule has 0 saturated carbocycles. The number of hydrogen-bond donors (Lipinski definition) is 1. The minimum Gasteiger partial charge on any atom is -0.493 e. The number of hydrogen-bond acceptors (Lipinski definition) is 6. The summed E-state index contributed by atoms with van der Waals surface area (Å²) in [5.41, 5.74) is 0.658. The number of methoxy groups -OCH3 is 1. The molecule has 0 saturated heterocycles. The molecule has 3 aromatic rings. The van der Waals surface area contributed by atoms with Crippen LogP contribution in [0.1, 0.15) is 15.9 Å². The predicted molar refractivity (Wildman–Crippen MR) is 119 cm³/mol. The Labute approximate surface area is 189 Å². The summed E-state index contributed by atoms with van der Waals surface area (Å²) in [6.45, 7) is 0. The van der Waals surface area contributed by atoms with E-state index in [9.17, 15) is 13.2 Å². The maximum Gasteiger partial charge on any atom is 0.345 e. The average Bonchev–Trinajstić information content (AvgIpc) is 2.75. The molecule has 31 heavy (non-hydrogen) atoms. The van der Waals surface area contributed by atoms with Gasteiger partial charge >= 0.3 is 5.97 Å². The Hall–Kier alpha value is -3.07. The zero-order valence-corrected chi connectivity index (χ0v) is 18.4. The molecule has 0 unspecified atom stereocenters. The average molecular weight is 479 g/mol. The quantitative estimate of drug-likeness (QED) is 0.233. The molecule has 0 heterocycles. The van der Waals surface area contributed by atoms with E-state index < -0.39 is 16.0 Å². The number of ether oxygens (including phenoxy) is 2. The largest absolute Gasteiger partial charge is 0.493 e. The normalized spacial score (nSPS) is 11.3. The Kier molecular flexibility index (Phi) is 7.17. The summed E-state index contributed by atoms with van der Waals surface area (Å²) in [5, 5.41) is 4.32. The highest BCUT2D eigenvalue weighted by Gasteiger charge is 2.16. The number of sulfonamides is 1. The SMILES string of the molecule is COc1cc(/C=N/NS(=O)(=O)c2ccccc2)ccc1OC(=O)c1ccc(Cl)cc1Cl. The van der Waals surface area contributed by atoms with Crippen molar-refractivity contribution < 1.29 is 22.7 Å². The first-order valence-corrected chi connectivity index (χ1v) is 11.0. The number of carbonyl (C=O) groups excluding carboxylic acids is 1. The first-order valence-electron chi connectivity index (χ1n) is 8.75. The maximum absolute atomic E-state index is 12.4. The van der Waals surface area contributed by atoms with Crippen molar-refractivity contribution in [3.63, 3.8) is 0 Å². The lowest BCUT2D eigenvalue weighted by atomic mass is 10.2. The fourth-order valence-corrected chi connectivity index (χ4v) is 3.78. The van der Waals surface area contributed by atoms with E-state index in [-0.39, 0.29) is 27.0 Å². The molecule has 0 amide bonds. The van der Waals surface area contributed by atoms with E-state index in [1.165, 1.54) is 55.8 Å². The van der Waals surface area contributed by atoms with Gasteiger partial charge in [-0.1, -0.05) is 41.4 Å². The molecular weight excluding hydrogens is 463 g/mol. The summed E-state index contributed by atoms with van der Waals surface area (Å²) >= 11 is 11.9. The Balaban J connectivity index is 1.74. The number of carbonyl (C=O) groups is 1. The summed E-state index contributed by atoms with van der Waals surface area (Å²) < 4.78 is 35.0. The summed E-state index contributed by atoms with van der Waals surface area (Å²) in [6.07, 6.45) is 1.30. The third kappa shape index (κ3) is 5.75. The van der Waals surface area contributed by atoms with Crippen LogP contribution < -0.4 is 14.3 Å². The molecule has 0 atom stereocenters. The van der Waals surface area contributed by atoms with Gasteiger partial charge in [0.15, 0.2) is 11.5 Å². The molecule has 160 valence electrons. The second-order valence-corrected chi connectivity index (χ2v) is 8.59. The summed E-state index contributed by atoms with van der Waals surface area (Å²) in [4.78, 5) is 14.6. The van der Waals surface area contributed by atoms with Crippen LogP contribution >= 0.6 is 23.2 Å². The smallest absolute Gasteiger partial charge is 0.345 e. The zero-order valence-electron chi connectivity index (χ0n) is 16.1. The van der Waals surface area contributed by atoms with Crippen LogP contribution in [0.5, 0.6) is 11.5 Å². The number of esters is 1. The minimum absolute atomic E-state index is 0.0906. The Bertz CT molecular complexity index is 1230. The van der Waals surface area contributed by atoms with E-state index in [1.54, 1.807) is 24.3 Å². The molecule has 1 N–H and O–H groups in total. The monoisotopic (exact) mass is 478 g/mol. The maximum atomic E-state index is 12.4. The lowest BCUT2D eigenvalue weighted by Gasteiger charge is -2.10. The van der Waals surface area contributed by atoms with Crippen molar-refractivity contribution in [3.05, 3.63) is 87.9 Å². The Morgan fingerprint density at radius 1 is 1.00 bits per heavy atom. The van der Waals surface area contributed by atoms with Crippen molar-refractivity contribution >= 4 is 45.4 Å². The van der Waals surface area contributed by atoms with Gasteiger partial charge < -0.3 is 9.47 Å². The molecule has 0 radical (unpaired) electrons. The number of halogens is 2. The molecular formula is C21H16Cl2N2O5S. The molecule has 3 rings (SSSR count). The molecule has 0 aliphatic carbocycles. The molecule has 0 fully saturated rings. The lowest BCUT2D eigenvalue weighted by Crippen LogP contribution is -2.18. The standard InChI is InChI=1S/C21H16Cl2N2O5S/c1-29-20-11-14(13-24-25-31(27,28)16-5-3-2-4-6-16)7-10-19(20)30-21(26)17-9-8-15(22)12-18(17)23/h2-13,25H,1H3/b24-13+. The highest BCUT2D eigenvalue weighted by Crippen LogP contribution is 2.30. The van der Waals surface area contributed by atoms with E-state index in [1.807, 2.05) is 0 Å². The first-order chi connectivity index (χ1) is 14.8. The number of hydrazone groups is 1. The fourth-order valence-electron chi connectivity index (χ4n) is 2.48. The minimum atomic E-state index is -3.78. The van der Waals surface area contributed by atoms with Gasteiger partial charge in [-0.25, -0.2) is 9.63 Å². The molecule has 0 aliphatic rings. The van der Waals surface area contributed by atoms with Gasteiger partial charge in [0, 0.05) is 5.02 Å². The summed E-state index contributed by atoms with van der Waals surface area (Å²) in [7, 11) is -2.37. The van der Waals surface area contributed by atoms with Crippen LogP contribution in [0.2, 0.25) is 10.0 Å². The van der Waals surface area contributed by atoms with Gasteiger partial charge in [-0.3, -0.25) is 0 Å². The van der Waals surface area contributed by atoms with Crippen molar-refractivity contribution in [3.8, 4) is 11.5 Å². The first kappa shape index (κ1) is 22.6. The fraction of sp³-hybridized carbons (Fsp3) is 0.0476. The van der Waals surface area contributed by atoms with Gasteiger partial charge in [-0.15, -0.1) is 0 Å². The number of rotatable bonds is 7. The molecule has 7 nitrogen and oxygen atoms in total. The molecule has 0 aliphatic heterocycles. The van der Waals surface area contributed by atoms with E-state index in [2.05, 4.69) is 9.93 Å². The molecule has 3 aromatic carbocycles. The number of nitrogens with one attached hydrogen (secondary N) is 1. The summed E-state index contributed by atoms with van der Waals surface area (Å²) in [6, 6.07) is 16.9. The van der Waals surface area contributed by atoms with Gasteiger partial charge in [0.25, 0.3) is 10.0 Å². The van der Waals surface area contributed by atoms with Crippen molar-refractivity contribution in [2.24, 2.45) is 5.10 Å². The number of nitrogens with zero attached hydrogens (tertiary/aromatic N) is 1. The van der Waals surface area contributed by atoms with Crippen LogP contribution in [-0.2, 0) is 10.0 Å². The molecule has 0 aromatic heterocycles. The molecule has 0 bridgehead atoms. The van der Waals surface area contributed by atoms with E-state index in [4.69, 9.17) is 32.7 Å². The van der Waals surface area contributed by atoms with Gasteiger partial charge in [0.1, 0.15) is 0 Å². The Morgan fingerprint density at radius 3 is 2.42 bits per heavy atom. The van der Waals surface area contributed by atoms with E-state index in [0.717, 1.165) is 0 Å². The molecule has 0 spiro atoms. The molecule has 10 heteroatoms. The van der Waals surface area contributed by atoms with Gasteiger partial charge in [0.05, 0.1) is 28.8 Å². The van der Waals surface area contributed by atoms with Crippen molar-refractivity contribution in [2.75, 3.05) is 7.11 Å². The number of benzene rings is 3. The van der Waals surface area contributed by atoms with Gasteiger partial charge in [-0.05, 0) is 54.1 Å². The summed E-state index contributed by atoms with van der Waals surface area (Å²) in [5.74, 6) is -0.286. The Morgan fingerprint density at radius 2 is 1.74 bits per heavy atom. The highest BCUT2D eigenvalue weighted by molar-refractivity contribution is 7.89. The third-order valence-corrected chi connectivity index (χ3v) is 5.77. The van der Waals surface area contributed by atoms with Crippen LogP contribution in [0.3, 0.4) is 0 Å². The van der Waals surface area contributed by atoms with Crippen LogP contribution in [0.4, 0.5) is 0 Å². The van der Waals surface area contributed by atoms with Gasteiger partial charge in [0.2, 0.25) is 0 Å². The van der Waals surface area contributed by atoms with Crippen molar-refractivity contribution in [2.45, 2.75) is 4.90 Å². The van der Waals surface area contributed by atoms with Crippen LogP contribution in [0.15, 0.2) is 76.7 Å². The van der Waals surface area contributed by atoms with Crippen LogP contribution in [0.25, 0.3) is 0 Å². The lowest BCUT2D eigenvalue weighted by molar-refractivity contribution is 0.0730. The third-order valence-electron chi connectivity index (χ3n) is 3.98. The van der Waals surface area contributed by atoms with Crippen LogP contribution in [0, 0.1) is 0 Å². The topological polar surface area (TPSA) is 94.1 Å². The van der Waals surface area contributed by atoms with E-state index in [0.29, 0.717) is 10.6 Å². The second-order valence-electron chi connectivity index (χ2n) is 6.09. The predicted octanol–water partition coefficient (Wildman–Crippen LogP) is 4.53. The van der Waals surface area contributed by atoms with E-state index >= 15 is 0 Å². The highest BCUT2D eigenvalue weighted by atomic mass is 35.5. The van der Waals surface area contributed by atoms with Crippen LogP contribution in [-0.4, -0.2) is 27.7 Å². The van der Waals surface area contributed by atoms with Crippen molar-refractivity contribution in [1.29, 1.82) is 0 Å².